The lowest BCUT2D eigenvalue weighted by Crippen LogP contribution is -2.46. The average Bonchev–Trinajstić information content (AvgIpc) is 3.42. The van der Waals surface area contributed by atoms with Crippen molar-refractivity contribution in [2.45, 2.75) is 30.8 Å². The molecule has 0 bridgehead atoms. The second-order valence-corrected chi connectivity index (χ2v) is 8.94. The van der Waals surface area contributed by atoms with E-state index in [1.165, 1.54) is 16.7 Å². The van der Waals surface area contributed by atoms with E-state index >= 15 is 0 Å². The largest absolute Gasteiger partial charge is 0.346 e. The van der Waals surface area contributed by atoms with Crippen molar-refractivity contribution in [3.63, 3.8) is 0 Å². The van der Waals surface area contributed by atoms with Gasteiger partial charge in [-0.25, -0.2) is 18.2 Å². The SMILES string of the molecule is N[C@@H](CC(=O)N1CCSC1C(=O)NCc1nc2ccccc2[nH]1)Cc1cc(F)c(F)cc1F. The number of H-pyrrole nitrogens is 1. The number of fused-ring (bicyclic) bond motifs is 1. The number of nitrogens with one attached hydrogen (secondary N) is 2. The number of thioether (sulfide) groups is 1. The molecule has 2 aromatic carbocycles. The van der Waals surface area contributed by atoms with Crippen molar-refractivity contribution in [2.24, 2.45) is 5.73 Å². The zero-order chi connectivity index (χ0) is 23.5. The molecule has 1 unspecified atom stereocenters. The highest BCUT2D eigenvalue weighted by molar-refractivity contribution is 8.00. The normalized spacial score (nSPS) is 16.8. The molecule has 0 radical (unpaired) electrons. The third-order valence-electron chi connectivity index (χ3n) is 5.31. The smallest absolute Gasteiger partial charge is 0.253 e. The summed E-state index contributed by atoms with van der Waals surface area (Å²) in [4.78, 5) is 34.4. The molecule has 0 saturated carbocycles. The predicted molar refractivity (Wildman–Crippen MR) is 119 cm³/mol. The number of hydrogen-bond acceptors (Lipinski definition) is 5. The Morgan fingerprint density at radius 1 is 1.21 bits per heavy atom. The van der Waals surface area contributed by atoms with Gasteiger partial charge in [0.2, 0.25) is 5.91 Å². The molecule has 33 heavy (non-hydrogen) atoms. The molecular weight excluding hydrogens is 455 g/mol. The number of imidazole rings is 1. The fraction of sp³-hybridized carbons (Fsp3) is 0.318. The molecule has 1 aliphatic rings. The summed E-state index contributed by atoms with van der Waals surface area (Å²) in [5.74, 6) is -2.89. The first kappa shape index (κ1) is 23.1. The van der Waals surface area contributed by atoms with E-state index in [-0.39, 0.29) is 36.8 Å². The summed E-state index contributed by atoms with van der Waals surface area (Å²) < 4.78 is 40.4. The third-order valence-corrected chi connectivity index (χ3v) is 6.51. The van der Waals surface area contributed by atoms with Crippen LogP contribution in [0, 0.1) is 17.5 Å². The summed E-state index contributed by atoms with van der Waals surface area (Å²) in [7, 11) is 0. The number of halogens is 3. The molecule has 0 aliphatic carbocycles. The molecule has 2 amide bonds. The molecule has 1 aliphatic heterocycles. The summed E-state index contributed by atoms with van der Waals surface area (Å²) in [5, 5.41) is 2.08. The predicted octanol–water partition coefficient (Wildman–Crippen LogP) is 2.46. The Labute approximate surface area is 191 Å². The summed E-state index contributed by atoms with van der Waals surface area (Å²) in [6.07, 6.45) is -0.301. The van der Waals surface area contributed by atoms with Crippen molar-refractivity contribution in [3.8, 4) is 0 Å². The van der Waals surface area contributed by atoms with Gasteiger partial charge in [0.15, 0.2) is 17.0 Å². The highest BCUT2D eigenvalue weighted by atomic mass is 32.2. The van der Waals surface area contributed by atoms with Crippen molar-refractivity contribution >= 4 is 34.6 Å². The van der Waals surface area contributed by atoms with Crippen LogP contribution in [0.15, 0.2) is 36.4 Å². The van der Waals surface area contributed by atoms with Gasteiger partial charge in [-0.3, -0.25) is 9.59 Å². The minimum Gasteiger partial charge on any atom is -0.346 e. The van der Waals surface area contributed by atoms with Gasteiger partial charge in [0.05, 0.1) is 17.6 Å². The number of carbonyl (C=O) groups is 2. The topological polar surface area (TPSA) is 104 Å². The van der Waals surface area contributed by atoms with Crippen LogP contribution in [0.4, 0.5) is 13.2 Å². The highest BCUT2D eigenvalue weighted by Gasteiger charge is 2.35. The van der Waals surface area contributed by atoms with Crippen LogP contribution in [-0.4, -0.2) is 50.4 Å². The molecule has 1 fully saturated rings. The fourth-order valence-corrected chi connectivity index (χ4v) is 4.87. The monoisotopic (exact) mass is 477 g/mol. The van der Waals surface area contributed by atoms with Crippen LogP contribution in [0.25, 0.3) is 11.0 Å². The molecule has 0 spiro atoms. The lowest BCUT2D eigenvalue weighted by atomic mass is 10.0. The highest BCUT2D eigenvalue weighted by Crippen LogP contribution is 2.25. The van der Waals surface area contributed by atoms with E-state index in [0.717, 1.165) is 17.1 Å². The zero-order valence-electron chi connectivity index (χ0n) is 17.5. The second kappa shape index (κ2) is 9.84. The molecule has 3 aromatic rings. The third kappa shape index (κ3) is 5.31. The van der Waals surface area contributed by atoms with Crippen molar-refractivity contribution in [1.82, 2.24) is 20.2 Å². The van der Waals surface area contributed by atoms with Crippen molar-refractivity contribution < 1.29 is 22.8 Å². The molecular formula is C22H22F3N5O2S. The van der Waals surface area contributed by atoms with Gasteiger partial charge in [-0.2, -0.15) is 0 Å². The fourth-order valence-electron chi connectivity index (χ4n) is 3.71. The lowest BCUT2D eigenvalue weighted by molar-refractivity contribution is -0.136. The Morgan fingerprint density at radius 2 is 1.97 bits per heavy atom. The molecule has 1 aromatic heterocycles. The minimum absolute atomic E-state index is 0.106. The van der Waals surface area contributed by atoms with Crippen LogP contribution in [0.3, 0.4) is 0 Å². The number of rotatable bonds is 7. The van der Waals surface area contributed by atoms with Gasteiger partial charge >= 0.3 is 0 Å². The first-order valence-corrected chi connectivity index (χ1v) is 11.4. The number of hydrogen-bond donors (Lipinski definition) is 3. The lowest BCUT2D eigenvalue weighted by Gasteiger charge is -2.24. The first-order valence-electron chi connectivity index (χ1n) is 10.3. The molecule has 7 nitrogen and oxygen atoms in total. The van der Waals surface area contributed by atoms with Crippen LogP contribution in [0.2, 0.25) is 0 Å². The van der Waals surface area contributed by atoms with Gasteiger partial charge in [-0.05, 0) is 30.2 Å². The quantitative estimate of drug-likeness (QED) is 0.454. The Kier molecular flexibility index (Phi) is 6.89. The standard InChI is InChI=1S/C22H22F3N5O2S/c23-14-10-16(25)15(24)8-12(14)7-13(26)9-20(31)30-5-6-33-22(30)21(32)27-11-19-28-17-3-1-2-4-18(17)29-19/h1-4,8,10,13,22H,5-7,9,11,26H2,(H,27,32)(H,28,29)/t13-,22?/m1/s1. The Morgan fingerprint density at radius 3 is 2.76 bits per heavy atom. The zero-order valence-corrected chi connectivity index (χ0v) is 18.3. The maximum atomic E-state index is 13.9. The Balaban J connectivity index is 1.33. The number of amides is 2. The van der Waals surface area contributed by atoms with E-state index in [1.54, 1.807) is 0 Å². The van der Waals surface area contributed by atoms with Crippen LogP contribution >= 0.6 is 11.8 Å². The summed E-state index contributed by atoms with van der Waals surface area (Å²) in [5.41, 5.74) is 7.52. The Bertz CT molecular complexity index is 1160. The van der Waals surface area contributed by atoms with Crippen LogP contribution < -0.4 is 11.1 Å². The number of para-hydroxylation sites is 2. The number of carbonyl (C=O) groups excluding carboxylic acids is 2. The van der Waals surface area contributed by atoms with Crippen molar-refractivity contribution in [2.75, 3.05) is 12.3 Å². The van der Waals surface area contributed by atoms with Crippen LogP contribution in [0.1, 0.15) is 17.8 Å². The van der Waals surface area contributed by atoms with E-state index < -0.39 is 28.9 Å². The van der Waals surface area contributed by atoms with Gasteiger partial charge < -0.3 is 20.9 Å². The number of nitrogens with zero attached hydrogens (tertiary/aromatic N) is 2. The molecule has 4 N–H and O–H groups in total. The van der Waals surface area contributed by atoms with Crippen LogP contribution in [0.5, 0.6) is 0 Å². The summed E-state index contributed by atoms with van der Waals surface area (Å²) >= 11 is 1.33. The van der Waals surface area contributed by atoms with E-state index in [4.69, 9.17) is 5.73 Å². The van der Waals surface area contributed by atoms with Gasteiger partial charge in [0.1, 0.15) is 11.6 Å². The van der Waals surface area contributed by atoms with Crippen molar-refractivity contribution in [1.29, 1.82) is 0 Å². The van der Waals surface area contributed by atoms with Crippen molar-refractivity contribution in [3.05, 3.63) is 65.2 Å². The average molecular weight is 478 g/mol. The second-order valence-electron chi connectivity index (χ2n) is 7.75. The maximum Gasteiger partial charge on any atom is 0.253 e. The van der Waals surface area contributed by atoms with E-state index in [9.17, 15) is 22.8 Å². The van der Waals surface area contributed by atoms with Gasteiger partial charge in [0, 0.05) is 30.8 Å². The number of aromatic amines is 1. The summed E-state index contributed by atoms with van der Waals surface area (Å²) in [6, 6.07) is 7.88. The number of benzene rings is 2. The molecule has 2 heterocycles. The van der Waals surface area contributed by atoms with Gasteiger partial charge in [-0.1, -0.05) is 12.1 Å². The molecule has 4 rings (SSSR count). The molecule has 11 heteroatoms. The van der Waals surface area contributed by atoms with Gasteiger partial charge in [0.25, 0.3) is 5.91 Å². The van der Waals surface area contributed by atoms with E-state index in [1.807, 2.05) is 24.3 Å². The molecule has 174 valence electrons. The summed E-state index contributed by atoms with van der Waals surface area (Å²) in [6.45, 7) is 0.556. The minimum atomic E-state index is -1.29. The Hall–Kier alpha value is -3.05. The number of aromatic nitrogens is 2. The number of nitrogens with two attached hydrogens (primary N) is 1. The first-order chi connectivity index (χ1) is 15.8. The molecule has 2 atom stereocenters. The maximum absolute atomic E-state index is 13.9. The van der Waals surface area contributed by atoms with E-state index in [2.05, 4.69) is 15.3 Å². The van der Waals surface area contributed by atoms with E-state index in [0.29, 0.717) is 24.2 Å². The van der Waals surface area contributed by atoms with Gasteiger partial charge in [-0.15, -0.1) is 11.8 Å². The molecule has 1 saturated heterocycles. The van der Waals surface area contributed by atoms with Crippen LogP contribution in [-0.2, 0) is 22.6 Å².